The van der Waals surface area contributed by atoms with E-state index in [-0.39, 0.29) is 6.42 Å². The molecule has 0 spiro atoms. The summed E-state index contributed by atoms with van der Waals surface area (Å²) in [5, 5.41) is 3.49. The molecule has 1 aliphatic rings. The highest BCUT2D eigenvalue weighted by Crippen LogP contribution is 2.31. The minimum absolute atomic E-state index is 0.203. The molecular weight excluding hydrogens is 407 g/mol. The molecule has 0 bridgehead atoms. The Morgan fingerprint density at radius 1 is 1.17 bits per heavy atom. The summed E-state index contributed by atoms with van der Waals surface area (Å²) in [5.41, 5.74) is 0.173. The van der Waals surface area contributed by atoms with Crippen molar-refractivity contribution in [3.63, 3.8) is 0 Å². The van der Waals surface area contributed by atoms with Crippen molar-refractivity contribution < 1.29 is 22.0 Å². The quantitative estimate of drug-likeness (QED) is 0.609. The van der Waals surface area contributed by atoms with Gasteiger partial charge in [-0.05, 0) is 30.5 Å². The molecule has 4 rings (SSSR count). The lowest BCUT2D eigenvalue weighted by atomic mass is 10.00. The number of hydrogen-bond donors (Lipinski definition) is 2. The van der Waals surface area contributed by atoms with Crippen molar-refractivity contribution in [3.05, 3.63) is 48.2 Å². The van der Waals surface area contributed by atoms with E-state index < -0.39 is 30.4 Å². The number of pyridine rings is 1. The van der Waals surface area contributed by atoms with Crippen LogP contribution in [0.4, 0.5) is 27.8 Å². The molecule has 1 unspecified atom stereocenters. The fourth-order valence-electron chi connectivity index (χ4n) is 3.56. The summed E-state index contributed by atoms with van der Waals surface area (Å²) in [5.74, 6) is -2.64. The molecule has 3 aromatic heterocycles. The predicted octanol–water partition coefficient (Wildman–Crippen LogP) is 3.74. The monoisotopic (exact) mass is 426 g/mol. The number of halogens is 5. The highest BCUT2D eigenvalue weighted by Gasteiger charge is 2.44. The normalized spacial score (nSPS) is 19.8. The Morgan fingerprint density at radius 3 is 2.70 bits per heavy atom. The Labute approximate surface area is 168 Å². The molecule has 1 fully saturated rings. The smallest absolute Gasteiger partial charge is 0.361 e. The van der Waals surface area contributed by atoms with Crippen molar-refractivity contribution in [1.82, 2.24) is 24.8 Å². The van der Waals surface area contributed by atoms with Crippen molar-refractivity contribution in [2.75, 3.05) is 25.0 Å². The lowest BCUT2D eigenvalue weighted by molar-refractivity contribution is -0.141. The molecule has 160 valence electrons. The van der Waals surface area contributed by atoms with Crippen molar-refractivity contribution in [3.8, 4) is 0 Å². The number of likely N-dealkylation sites (tertiary alicyclic amines) is 1. The van der Waals surface area contributed by atoms with E-state index >= 15 is 0 Å². The lowest BCUT2D eigenvalue weighted by Crippen LogP contribution is -2.54. The van der Waals surface area contributed by atoms with Crippen molar-refractivity contribution in [2.45, 2.75) is 31.0 Å². The second-order valence-corrected chi connectivity index (χ2v) is 7.28. The van der Waals surface area contributed by atoms with Crippen LogP contribution in [0.2, 0.25) is 0 Å². The topological polar surface area (TPSA) is 69.7 Å². The first-order valence-corrected chi connectivity index (χ1v) is 9.39. The van der Waals surface area contributed by atoms with Gasteiger partial charge in [-0.15, -0.1) is 0 Å². The zero-order valence-electron chi connectivity index (χ0n) is 15.8. The molecule has 0 saturated carbocycles. The maximum absolute atomic E-state index is 14.7. The third-order valence-electron chi connectivity index (χ3n) is 5.18. The Hall–Kier alpha value is -2.82. The van der Waals surface area contributed by atoms with E-state index in [4.69, 9.17) is 0 Å². The Morgan fingerprint density at radius 2 is 2.00 bits per heavy atom. The number of aromatic amines is 1. The molecule has 30 heavy (non-hydrogen) atoms. The first-order chi connectivity index (χ1) is 14.2. The molecule has 3 aromatic rings. The summed E-state index contributed by atoms with van der Waals surface area (Å²) < 4.78 is 67.2. The van der Waals surface area contributed by atoms with E-state index in [1.165, 1.54) is 12.4 Å². The van der Waals surface area contributed by atoms with Gasteiger partial charge in [0, 0.05) is 25.5 Å². The van der Waals surface area contributed by atoms with Gasteiger partial charge in [0.25, 0.3) is 5.92 Å². The predicted molar refractivity (Wildman–Crippen MR) is 100 cm³/mol. The Balaban J connectivity index is 1.35. The van der Waals surface area contributed by atoms with Crippen molar-refractivity contribution in [2.24, 2.45) is 0 Å². The number of alkyl halides is 5. The molecule has 1 atom stereocenters. The minimum Gasteiger partial charge on any atom is -0.361 e. The third-order valence-corrected chi connectivity index (χ3v) is 5.18. The van der Waals surface area contributed by atoms with Gasteiger partial charge in [-0.1, -0.05) is 6.07 Å². The number of H-pyrrole nitrogens is 1. The molecule has 0 radical (unpaired) electrons. The van der Waals surface area contributed by atoms with Gasteiger partial charge in [0.2, 0.25) is 0 Å². The zero-order valence-corrected chi connectivity index (χ0v) is 15.8. The number of rotatable bonds is 5. The second kappa shape index (κ2) is 7.78. The van der Waals surface area contributed by atoms with Gasteiger partial charge in [-0.2, -0.15) is 13.2 Å². The lowest BCUT2D eigenvalue weighted by Gasteiger charge is -2.38. The summed E-state index contributed by atoms with van der Waals surface area (Å²) in [6.45, 7) is 0.299. The van der Waals surface area contributed by atoms with Gasteiger partial charge in [-0.25, -0.2) is 18.7 Å². The van der Waals surface area contributed by atoms with Crippen LogP contribution in [0.5, 0.6) is 0 Å². The molecular formula is C19H19F5N6. The maximum Gasteiger partial charge on any atom is 0.433 e. The van der Waals surface area contributed by atoms with Crippen LogP contribution in [0.15, 0.2) is 36.9 Å². The van der Waals surface area contributed by atoms with Crippen LogP contribution in [0.3, 0.4) is 0 Å². The SMILES string of the molecule is FC(F)(F)c1ccc(CCN2CCC(Nc3ncnc4[nH]ccc34)C(F)(F)C2)cn1. The molecule has 0 amide bonds. The molecule has 0 aromatic carbocycles. The minimum atomic E-state index is -4.49. The number of piperidine rings is 1. The fourth-order valence-corrected chi connectivity index (χ4v) is 3.56. The van der Waals surface area contributed by atoms with Gasteiger partial charge in [-0.3, -0.25) is 9.88 Å². The Bertz CT molecular complexity index is 1000. The molecule has 2 N–H and O–H groups in total. The van der Waals surface area contributed by atoms with Crippen LogP contribution < -0.4 is 5.32 Å². The Kier molecular flexibility index (Phi) is 5.31. The van der Waals surface area contributed by atoms with Crippen LogP contribution in [-0.4, -0.2) is 56.4 Å². The van der Waals surface area contributed by atoms with E-state index in [0.29, 0.717) is 41.9 Å². The summed E-state index contributed by atoms with van der Waals surface area (Å²) in [6.07, 6.45) is 0.176. The first kappa shape index (κ1) is 20.5. The summed E-state index contributed by atoms with van der Waals surface area (Å²) in [4.78, 5) is 16.1. The number of aromatic nitrogens is 4. The summed E-state index contributed by atoms with van der Waals surface area (Å²) in [7, 11) is 0. The number of nitrogens with zero attached hydrogens (tertiary/aromatic N) is 4. The standard InChI is InChI=1S/C19H19F5N6/c20-18(21)10-30(7-4-12-1-2-15(26-9-12)19(22,23)24)8-5-14(18)29-17-13-3-6-25-16(13)27-11-28-17/h1-3,6,9,11,14H,4-5,7-8,10H2,(H2,25,27,28,29). The van der Waals surface area contributed by atoms with Crippen molar-refractivity contribution >= 4 is 16.9 Å². The molecule has 1 saturated heterocycles. The highest BCUT2D eigenvalue weighted by atomic mass is 19.4. The highest BCUT2D eigenvalue weighted by molar-refractivity contribution is 5.86. The first-order valence-electron chi connectivity index (χ1n) is 9.39. The maximum atomic E-state index is 14.7. The van der Waals surface area contributed by atoms with Crippen molar-refractivity contribution in [1.29, 1.82) is 0 Å². The van der Waals surface area contributed by atoms with Gasteiger partial charge < -0.3 is 10.3 Å². The van der Waals surface area contributed by atoms with Gasteiger partial charge in [0.15, 0.2) is 0 Å². The summed E-state index contributed by atoms with van der Waals surface area (Å²) >= 11 is 0. The van der Waals surface area contributed by atoms with E-state index in [0.717, 1.165) is 12.3 Å². The van der Waals surface area contributed by atoms with Crippen LogP contribution in [0.1, 0.15) is 17.7 Å². The van der Waals surface area contributed by atoms with E-state index in [1.807, 2.05) is 0 Å². The van der Waals surface area contributed by atoms with Crippen LogP contribution in [-0.2, 0) is 12.6 Å². The van der Waals surface area contributed by atoms with Crippen LogP contribution in [0.25, 0.3) is 11.0 Å². The summed E-state index contributed by atoms with van der Waals surface area (Å²) in [6, 6.07) is 2.89. The molecule has 11 heteroatoms. The fraction of sp³-hybridized carbons (Fsp3) is 0.421. The average molecular weight is 426 g/mol. The zero-order chi connectivity index (χ0) is 21.4. The van der Waals surface area contributed by atoms with Gasteiger partial charge in [0.1, 0.15) is 23.5 Å². The average Bonchev–Trinajstić information content (AvgIpc) is 3.17. The van der Waals surface area contributed by atoms with Gasteiger partial charge in [0.05, 0.1) is 18.0 Å². The molecule has 0 aliphatic carbocycles. The third kappa shape index (κ3) is 4.35. The molecule has 6 nitrogen and oxygen atoms in total. The molecule has 4 heterocycles. The number of hydrogen-bond acceptors (Lipinski definition) is 5. The van der Waals surface area contributed by atoms with Gasteiger partial charge >= 0.3 is 6.18 Å². The van der Waals surface area contributed by atoms with Crippen LogP contribution >= 0.6 is 0 Å². The van der Waals surface area contributed by atoms with Crippen LogP contribution in [0, 0.1) is 0 Å². The largest absolute Gasteiger partial charge is 0.433 e. The van der Waals surface area contributed by atoms with E-state index in [2.05, 4.69) is 25.3 Å². The van der Waals surface area contributed by atoms with E-state index in [1.54, 1.807) is 17.2 Å². The molecule has 1 aliphatic heterocycles. The number of anilines is 1. The van der Waals surface area contributed by atoms with E-state index in [9.17, 15) is 22.0 Å². The number of nitrogens with one attached hydrogen (secondary N) is 2. The second-order valence-electron chi connectivity index (χ2n) is 7.28. The number of fused-ring (bicyclic) bond motifs is 1.